The molecule has 1 heterocycles. The second-order valence-electron chi connectivity index (χ2n) is 5.47. The number of carbonyl (C=O) groups is 1. The van der Waals surface area contributed by atoms with Crippen LogP contribution in [0, 0.1) is 0 Å². The third kappa shape index (κ3) is 4.71. The molecule has 0 fully saturated rings. The van der Waals surface area contributed by atoms with Gasteiger partial charge in [0.15, 0.2) is 0 Å². The minimum absolute atomic E-state index is 0.0692. The minimum atomic E-state index is -4.42. The van der Waals surface area contributed by atoms with Crippen LogP contribution < -0.4 is 10.6 Å². The summed E-state index contributed by atoms with van der Waals surface area (Å²) in [5.41, 5.74) is -0.546. The summed E-state index contributed by atoms with van der Waals surface area (Å²) in [7, 11) is 0. The first-order valence-corrected chi connectivity index (χ1v) is 7.34. The average molecular weight is 341 g/mol. The van der Waals surface area contributed by atoms with Crippen LogP contribution in [0.2, 0.25) is 0 Å². The topological polar surface area (TPSA) is 82.7 Å². The van der Waals surface area contributed by atoms with E-state index in [0.29, 0.717) is 5.82 Å². The number of carbonyl (C=O) groups excluding carboxylic acids is 1. The summed E-state index contributed by atoms with van der Waals surface area (Å²) in [6, 6.07) is 3.97. The second kappa shape index (κ2) is 7.33. The Labute approximate surface area is 136 Å². The zero-order valence-corrected chi connectivity index (χ0v) is 13.2. The molecule has 1 aromatic heterocycles. The van der Waals surface area contributed by atoms with Gasteiger partial charge in [0.1, 0.15) is 12.2 Å². The smallest absolute Gasteiger partial charge is 0.335 e. The van der Waals surface area contributed by atoms with Gasteiger partial charge in [-0.2, -0.15) is 18.3 Å². The SMILES string of the molecule is CC(Cc1ccccc1C(F)(F)F)NC(=O)NC(C)c1ncn[nH]1. The van der Waals surface area contributed by atoms with Crippen molar-refractivity contribution in [2.24, 2.45) is 0 Å². The maximum Gasteiger partial charge on any atom is 0.416 e. The van der Waals surface area contributed by atoms with Crippen LogP contribution in [0.15, 0.2) is 30.6 Å². The molecule has 2 unspecified atom stereocenters. The number of amides is 2. The molecular formula is C15H18F3N5O. The molecule has 0 aliphatic carbocycles. The molecule has 24 heavy (non-hydrogen) atoms. The molecule has 0 saturated heterocycles. The number of nitrogens with one attached hydrogen (secondary N) is 3. The number of urea groups is 1. The van der Waals surface area contributed by atoms with Crippen molar-refractivity contribution >= 4 is 6.03 Å². The third-order valence-corrected chi connectivity index (χ3v) is 3.42. The maximum atomic E-state index is 13.0. The molecule has 3 N–H and O–H groups in total. The van der Waals surface area contributed by atoms with Crippen molar-refractivity contribution in [3.8, 4) is 0 Å². The zero-order chi connectivity index (χ0) is 17.7. The quantitative estimate of drug-likeness (QED) is 0.782. The Morgan fingerprint density at radius 2 is 1.96 bits per heavy atom. The summed E-state index contributed by atoms with van der Waals surface area (Å²) in [4.78, 5) is 15.8. The first-order chi connectivity index (χ1) is 11.3. The average Bonchev–Trinajstić information content (AvgIpc) is 3.00. The number of H-pyrrole nitrogens is 1. The summed E-state index contributed by atoms with van der Waals surface area (Å²) in [6.45, 7) is 3.36. The van der Waals surface area contributed by atoms with Crippen LogP contribution in [0.25, 0.3) is 0 Å². The van der Waals surface area contributed by atoms with Crippen molar-refractivity contribution in [3.05, 3.63) is 47.5 Å². The molecule has 0 radical (unpaired) electrons. The van der Waals surface area contributed by atoms with E-state index in [9.17, 15) is 18.0 Å². The monoisotopic (exact) mass is 341 g/mol. The van der Waals surface area contributed by atoms with Crippen molar-refractivity contribution < 1.29 is 18.0 Å². The minimum Gasteiger partial charge on any atom is -0.335 e. The molecule has 0 aliphatic heterocycles. The lowest BCUT2D eigenvalue weighted by molar-refractivity contribution is -0.138. The molecule has 2 atom stereocenters. The number of halogens is 3. The van der Waals surface area contributed by atoms with E-state index >= 15 is 0 Å². The summed E-state index contributed by atoms with van der Waals surface area (Å²) in [5, 5.41) is 11.6. The highest BCUT2D eigenvalue weighted by molar-refractivity contribution is 5.74. The first kappa shape index (κ1) is 17.8. The summed E-state index contributed by atoms with van der Waals surface area (Å²) in [6.07, 6.45) is -3.03. The molecule has 2 aromatic rings. The van der Waals surface area contributed by atoms with Crippen LogP contribution in [0.1, 0.15) is 36.8 Å². The molecule has 130 valence electrons. The fourth-order valence-electron chi connectivity index (χ4n) is 2.31. The van der Waals surface area contributed by atoms with E-state index in [0.717, 1.165) is 6.07 Å². The molecular weight excluding hydrogens is 323 g/mol. The molecule has 9 heteroatoms. The Morgan fingerprint density at radius 3 is 2.58 bits per heavy atom. The van der Waals surface area contributed by atoms with E-state index in [1.807, 2.05) is 0 Å². The van der Waals surface area contributed by atoms with Crippen LogP contribution in [-0.2, 0) is 12.6 Å². The normalized spacial score (nSPS) is 14.0. The number of hydrogen-bond donors (Lipinski definition) is 3. The second-order valence-corrected chi connectivity index (χ2v) is 5.47. The predicted octanol–water partition coefficient (Wildman–Crippen LogP) is 2.81. The standard InChI is InChI=1S/C15H18F3N5O/c1-9(7-11-5-3-4-6-12(11)15(16,17)18)21-14(24)22-10(2)13-19-8-20-23-13/h3-6,8-10H,7H2,1-2H3,(H,19,20,23)(H2,21,22,24). The fourth-order valence-corrected chi connectivity index (χ4v) is 2.31. The van der Waals surface area contributed by atoms with Crippen LogP contribution in [0.4, 0.5) is 18.0 Å². The highest BCUT2D eigenvalue weighted by Gasteiger charge is 2.33. The molecule has 0 spiro atoms. The van der Waals surface area contributed by atoms with Crippen LogP contribution in [-0.4, -0.2) is 27.3 Å². The van der Waals surface area contributed by atoms with E-state index < -0.39 is 29.9 Å². The van der Waals surface area contributed by atoms with Gasteiger partial charge in [0.25, 0.3) is 0 Å². The van der Waals surface area contributed by atoms with Gasteiger partial charge < -0.3 is 10.6 Å². The molecule has 0 bridgehead atoms. The molecule has 2 amide bonds. The summed E-state index contributed by atoms with van der Waals surface area (Å²) >= 11 is 0. The lowest BCUT2D eigenvalue weighted by Gasteiger charge is -2.19. The van der Waals surface area contributed by atoms with Gasteiger partial charge in [-0.3, -0.25) is 5.10 Å². The molecule has 6 nitrogen and oxygen atoms in total. The molecule has 1 aromatic carbocycles. The summed E-state index contributed by atoms with van der Waals surface area (Å²) in [5.74, 6) is 0.486. The highest BCUT2D eigenvalue weighted by Crippen LogP contribution is 2.32. The number of rotatable bonds is 5. The van der Waals surface area contributed by atoms with E-state index in [4.69, 9.17) is 0 Å². The third-order valence-electron chi connectivity index (χ3n) is 3.42. The van der Waals surface area contributed by atoms with E-state index in [-0.39, 0.29) is 12.0 Å². The van der Waals surface area contributed by atoms with Gasteiger partial charge in [-0.15, -0.1) is 0 Å². The van der Waals surface area contributed by atoms with Gasteiger partial charge in [0.2, 0.25) is 0 Å². The Morgan fingerprint density at radius 1 is 1.25 bits per heavy atom. The van der Waals surface area contributed by atoms with Gasteiger partial charge in [-0.1, -0.05) is 18.2 Å². The Kier molecular flexibility index (Phi) is 5.42. The largest absolute Gasteiger partial charge is 0.416 e. The van der Waals surface area contributed by atoms with E-state index in [1.54, 1.807) is 19.9 Å². The van der Waals surface area contributed by atoms with Gasteiger partial charge in [-0.05, 0) is 31.9 Å². The maximum absolute atomic E-state index is 13.0. The van der Waals surface area contributed by atoms with Crippen molar-refractivity contribution in [1.29, 1.82) is 0 Å². The zero-order valence-electron chi connectivity index (χ0n) is 13.2. The van der Waals surface area contributed by atoms with E-state index in [2.05, 4.69) is 25.8 Å². The number of aromatic nitrogens is 3. The lowest BCUT2D eigenvalue weighted by Crippen LogP contribution is -2.43. The number of aromatic amines is 1. The van der Waals surface area contributed by atoms with Crippen LogP contribution in [0.5, 0.6) is 0 Å². The predicted molar refractivity (Wildman–Crippen MR) is 81.1 cm³/mol. The van der Waals surface area contributed by atoms with Crippen molar-refractivity contribution in [2.75, 3.05) is 0 Å². The highest BCUT2D eigenvalue weighted by atomic mass is 19.4. The first-order valence-electron chi connectivity index (χ1n) is 7.34. The number of hydrogen-bond acceptors (Lipinski definition) is 3. The van der Waals surface area contributed by atoms with Crippen LogP contribution >= 0.6 is 0 Å². The van der Waals surface area contributed by atoms with Gasteiger partial charge in [-0.25, -0.2) is 9.78 Å². The Bertz CT molecular complexity index is 672. The Hall–Kier alpha value is -2.58. The van der Waals surface area contributed by atoms with Crippen molar-refractivity contribution in [1.82, 2.24) is 25.8 Å². The van der Waals surface area contributed by atoms with Crippen LogP contribution in [0.3, 0.4) is 0 Å². The molecule has 0 aliphatic rings. The molecule has 2 rings (SSSR count). The Balaban J connectivity index is 1.94. The van der Waals surface area contributed by atoms with Crippen molar-refractivity contribution in [2.45, 2.75) is 38.5 Å². The number of benzene rings is 1. The number of alkyl halides is 3. The van der Waals surface area contributed by atoms with E-state index in [1.165, 1.54) is 18.5 Å². The lowest BCUT2D eigenvalue weighted by atomic mass is 10.0. The van der Waals surface area contributed by atoms with Gasteiger partial charge in [0.05, 0.1) is 11.6 Å². The summed E-state index contributed by atoms with van der Waals surface area (Å²) < 4.78 is 38.9. The van der Waals surface area contributed by atoms with Gasteiger partial charge in [0, 0.05) is 6.04 Å². The van der Waals surface area contributed by atoms with Crippen molar-refractivity contribution in [3.63, 3.8) is 0 Å². The number of nitrogens with zero attached hydrogens (tertiary/aromatic N) is 2. The van der Waals surface area contributed by atoms with Gasteiger partial charge >= 0.3 is 12.2 Å². The molecule has 0 saturated carbocycles. The fraction of sp³-hybridized carbons (Fsp3) is 0.400.